The first-order chi connectivity index (χ1) is 9.60. The van der Waals surface area contributed by atoms with E-state index in [0.717, 1.165) is 31.4 Å². The van der Waals surface area contributed by atoms with Crippen LogP contribution in [0, 0.1) is 21.4 Å². The molecule has 2 N–H and O–H groups in total. The number of piperidine rings is 1. The van der Waals surface area contributed by atoms with Gasteiger partial charge in [0.05, 0.1) is 16.2 Å². The maximum atomic E-state index is 10.8. The summed E-state index contributed by atoms with van der Waals surface area (Å²) in [5.41, 5.74) is 7.21. The smallest absolute Gasteiger partial charge is 0.270 e. The summed E-state index contributed by atoms with van der Waals surface area (Å²) in [6.45, 7) is 0. The van der Waals surface area contributed by atoms with Crippen LogP contribution in [-0.2, 0) is 0 Å². The number of nitro benzene ring substituents is 1. The van der Waals surface area contributed by atoms with Crippen molar-refractivity contribution in [3.8, 4) is 6.07 Å². The maximum Gasteiger partial charge on any atom is 0.270 e. The third kappa shape index (κ3) is 2.00. The number of fused-ring (bicyclic) bond motifs is 2. The number of rotatable bonds is 2. The Bertz CT molecular complexity index is 581. The average molecular weight is 272 g/mol. The van der Waals surface area contributed by atoms with Gasteiger partial charge in [0.2, 0.25) is 0 Å². The van der Waals surface area contributed by atoms with Gasteiger partial charge in [-0.1, -0.05) is 0 Å². The van der Waals surface area contributed by atoms with Gasteiger partial charge < -0.3 is 10.6 Å². The van der Waals surface area contributed by atoms with Crippen LogP contribution in [-0.4, -0.2) is 23.0 Å². The van der Waals surface area contributed by atoms with Crippen molar-refractivity contribution in [2.75, 3.05) is 4.90 Å². The van der Waals surface area contributed by atoms with E-state index >= 15 is 0 Å². The minimum atomic E-state index is -0.467. The number of anilines is 1. The Hall–Kier alpha value is -2.13. The molecule has 1 aromatic carbocycles. The molecule has 1 aromatic rings. The minimum Gasteiger partial charge on any atom is -0.364 e. The molecule has 2 saturated heterocycles. The number of hydrogen-bond acceptors (Lipinski definition) is 5. The monoisotopic (exact) mass is 272 g/mol. The molecule has 2 unspecified atom stereocenters. The first kappa shape index (κ1) is 12.9. The zero-order chi connectivity index (χ0) is 14.3. The highest BCUT2D eigenvalue weighted by Gasteiger charge is 2.40. The number of nitro groups is 1. The van der Waals surface area contributed by atoms with E-state index in [1.54, 1.807) is 6.07 Å². The van der Waals surface area contributed by atoms with E-state index in [9.17, 15) is 15.4 Å². The van der Waals surface area contributed by atoms with Gasteiger partial charge in [-0.15, -0.1) is 0 Å². The fraction of sp³-hybridized carbons (Fsp3) is 0.500. The van der Waals surface area contributed by atoms with Gasteiger partial charge in [-0.25, -0.2) is 0 Å². The van der Waals surface area contributed by atoms with Crippen molar-refractivity contribution in [1.29, 1.82) is 5.26 Å². The van der Waals surface area contributed by atoms with Crippen LogP contribution in [0.1, 0.15) is 31.2 Å². The lowest BCUT2D eigenvalue weighted by Gasteiger charge is -2.39. The molecule has 0 radical (unpaired) electrons. The molecule has 104 valence electrons. The molecular formula is C14H16N4O2. The summed E-state index contributed by atoms with van der Waals surface area (Å²) in [7, 11) is 0. The van der Waals surface area contributed by atoms with Gasteiger partial charge in [-0.2, -0.15) is 5.26 Å². The van der Waals surface area contributed by atoms with Crippen LogP contribution < -0.4 is 10.6 Å². The van der Waals surface area contributed by atoms with Crippen molar-refractivity contribution in [1.82, 2.24) is 0 Å². The number of nitriles is 1. The fourth-order valence-electron chi connectivity index (χ4n) is 3.56. The third-order valence-electron chi connectivity index (χ3n) is 4.36. The SMILES string of the molecule is N#Cc1cc([N+](=O)[O-])ccc1N1C2CCC1CC(N)C2. The normalized spacial score (nSPS) is 28.2. The van der Waals surface area contributed by atoms with E-state index in [-0.39, 0.29) is 11.7 Å². The lowest BCUT2D eigenvalue weighted by Crippen LogP contribution is -2.47. The quantitative estimate of drug-likeness (QED) is 0.655. The van der Waals surface area contributed by atoms with Crippen LogP contribution in [0.4, 0.5) is 11.4 Å². The van der Waals surface area contributed by atoms with Gasteiger partial charge >= 0.3 is 0 Å². The van der Waals surface area contributed by atoms with Crippen LogP contribution in [0.5, 0.6) is 0 Å². The fourth-order valence-corrected chi connectivity index (χ4v) is 3.56. The second kappa shape index (κ2) is 4.76. The summed E-state index contributed by atoms with van der Waals surface area (Å²) in [6, 6.07) is 7.59. The molecule has 6 nitrogen and oxygen atoms in total. The van der Waals surface area contributed by atoms with Crippen LogP contribution in [0.2, 0.25) is 0 Å². The number of nitrogens with zero attached hydrogens (tertiary/aromatic N) is 3. The Morgan fingerprint density at radius 3 is 2.55 bits per heavy atom. The molecule has 2 bridgehead atoms. The lowest BCUT2D eigenvalue weighted by atomic mass is 9.96. The minimum absolute atomic E-state index is 0.0358. The predicted molar refractivity (Wildman–Crippen MR) is 74.3 cm³/mol. The van der Waals surface area contributed by atoms with Gasteiger partial charge in [-0.3, -0.25) is 10.1 Å². The lowest BCUT2D eigenvalue weighted by molar-refractivity contribution is -0.384. The van der Waals surface area contributed by atoms with Crippen LogP contribution in [0.15, 0.2) is 18.2 Å². The largest absolute Gasteiger partial charge is 0.364 e. The molecule has 2 atom stereocenters. The van der Waals surface area contributed by atoms with Crippen LogP contribution >= 0.6 is 0 Å². The van der Waals surface area contributed by atoms with Crippen molar-refractivity contribution in [3.05, 3.63) is 33.9 Å². The first-order valence-electron chi connectivity index (χ1n) is 6.82. The molecule has 2 heterocycles. The molecule has 0 aromatic heterocycles. The average Bonchev–Trinajstić information content (AvgIpc) is 2.69. The van der Waals surface area contributed by atoms with Gasteiger partial charge in [0.1, 0.15) is 6.07 Å². The van der Waals surface area contributed by atoms with E-state index in [4.69, 9.17) is 5.73 Å². The number of benzene rings is 1. The van der Waals surface area contributed by atoms with Crippen molar-refractivity contribution in [2.45, 2.75) is 43.8 Å². The second-order valence-electron chi connectivity index (χ2n) is 5.59. The molecule has 2 fully saturated rings. The van der Waals surface area contributed by atoms with Crippen LogP contribution in [0.3, 0.4) is 0 Å². The summed E-state index contributed by atoms with van der Waals surface area (Å²) in [6.07, 6.45) is 4.02. The molecule has 0 saturated carbocycles. The Morgan fingerprint density at radius 2 is 2.00 bits per heavy atom. The summed E-state index contributed by atoms with van der Waals surface area (Å²) < 4.78 is 0. The molecule has 2 aliphatic rings. The standard InChI is InChI=1S/C14H16N4O2/c15-8-9-5-13(18(19)20)3-4-14(9)17-11-1-2-12(17)7-10(16)6-11/h3-5,10-12H,1-2,6-7,16H2. The summed E-state index contributed by atoms with van der Waals surface area (Å²) in [5, 5.41) is 20.1. The molecular weight excluding hydrogens is 256 g/mol. The Balaban J connectivity index is 1.99. The maximum absolute atomic E-state index is 10.8. The molecule has 6 heteroatoms. The highest BCUT2D eigenvalue weighted by molar-refractivity contribution is 5.64. The van der Waals surface area contributed by atoms with Gasteiger partial charge in [0.25, 0.3) is 5.69 Å². The number of nitrogens with two attached hydrogens (primary N) is 1. The van der Waals surface area contributed by atoms with Crippen molar-refractivity contribution < 1.29 is 4.92 Å². The molecule has 0 spiro atoms. The second-order valence-corrected chi connectivity index (χ2v) is 5.59. The number of hydrogen-bond donors (Lipinski definition) is 1. The Morgan fingerprint density at radius 1 is 1.35 bits per heavy atom. The number of non-ortho nitro benzene ring substituents is 1. The third-order valence-corrected chi connectivity index (χ3v) is 4.36. The van der Waals surface area contributed by atoms with E-state index < -0.39 is 4.92 Å². The van der Waals surface area contributed by atoms with Gasteiger partial charge in [0, 0.05) is 30.3 Å². The highest BCUT2D eigenvalue weighted by atomic mass is 16.6. The van der Waals surface area contributed by atoms with Gasteiger partial charge in [0.15, 0.2) is 0 Å². The molecule has 3 rings (SSSR count). The Labute approximate surface area is 116 Å². The predicted octanol–water partition coefficient (Wildman–Crippen LogP) is 1.92. The highest BCUT2D eigenvalue weighted by Crippen LogP contribution is 2.40. The van der Waals surface area contributed by atoms with Crippen molar-refractivity contribution in [2.24, 2.45) is 5.73 Å². The first-order valence-corrected chi connectivity index (χ1v) is 6.82. The van der Waals surface area contributed by atoms with E-state index in [1.165, 1.54) is 12.1 Å². The van der Waals surface area contributed by atoms with E-state index in [2.05, 4.69) is 11.0 Å². The molecule has 20 heavy (non-hydrogen) atoms. The molecule has 0 aliphatic carbocycles. The zero-order valence-corrected chi connectivity index (χ0v) is 11.0. The molecule has 2 aliphatic heterocycles. The summed E-state index contributed by atoms with van der Waals surface area (Å²) in [4.78, 5) is 12.6. The summed E-state index contributed by atoms with van der Waals surface area (Å²) in [5.74, 6) is 0. The topological polar surface area (TPSA) is 96.2 Å². The van der Waals surface area contributed by atoms with Crippen molar-refractivity contribution in [3.63, 3.8) is 0 Å². The van der Waals surface area contributed by atoms with E-state index in [1.807, 2.05) is 0 Å². The molecule has 0 amide bonds. The zero-order valence-electron chi connectivity index (χ0n) is 11.0. The Kier molecular flexibility index (Phi) is 3.07. The van der Waals surface area contributed by atoms with Crippen molar-refractivity contribution >= 4 is 11.4 Å². The van der Waals surface area contributed by atoms with Gasteiger partial charge in [-0.05, 0) is 31.7 Å². The van der Waals surface area contributed by atoms with E-state index in [0.29, 0.717) is 17.6 Å². The van der Waals surface area contributed by atoms with Crippen LogP contribution in [0.25, 0.3) is 0 Å². The summed E-state index contributed by atoms with van der Waals surface area (Å²) >= 11 is 0.